The molecular formula is C14H14N4O. The maximum Gasteiger partial charge on any atom is 0.224 e. The highest BCUT2D eigenvalue weighted by atomic mass is 16.5. The van der Waals surface area contributed by atoms with E-state index in [2.05, 4.69) is 15.3 Å². The van der Waals surface area contributed by atoms with Crippen molar-refractivity contribution in [2.45, 2.75) is 13.0 Å². The van der Waals surface area contributed by atoms with Gasteiger partial charge in [0, 0.05) is 6.20 Å². The van der Waals surface area contributed by atoms with Crippen molar-refractivity contribution in [3.05, 3.63) is 47.8 Å². The lowest BCUT2D eigenvalue weighted by Crippen LogP contribution is -2.09. The number of nitriles is 1. The van der Waals surface area contributed by atoms with Crippen LogP contribution in [0, 0.1) is 11.3 Å². The van der Waals surface area contributed by atoms with Gasteiger partial charge >= 0.3 is 0 Å². The van der Waals surface area contributed by atoms with Gasteiger partial charge in [-0.2, -0.15) is 5.26 Å². The normalized spacial score (nSPS) is 11.4. The SMILES string of the molecule is COc1ccc(C(C)Nc2nccc(C#N)n2)cc1. The number of ether oxygens (including phenoxy) is 1. The van der Waals surface area contributed by atoms with Crippen molar-refractivity contribution in [3.8, 4) is 11.8 Å². The zero-order valence-corrected chi connectivity index (χ0v) is 10.8. The van der Waals surface area contributed by atoms with Crippen LogP contribution < -0.4 is 10.1 Å². The lowest BCUT2D eigenvalue weighted by atomic mass is 10.1. The second kappa shape index (κ2) is 5.83. The van der Waals surface area contributed by atoms with Crippen molar-refractivity contribution >= 4 is 5.95 Å². The second-order valence-electron chi connectivity index (χ2n) is 4.02. The van der Waals surface area contributed by atoms with Crippen LogP contribution in [-0.4, -0.2) is 17.1 Å². The molecule has 2 aromatic rings. The molecule has 1 aromatic heterocycles. The van der Waals surface area contributed by atoms with Gasteiger partial charge in [0.2, 0.25) is 5.95 Å². The summed E-state index contributed by atoms with van der Waals surface area (Å²) in [4.78, 5) is 8.17. The number of rotatable bonds is 4. The minimum Gasteiger partial charge on any atom is -0.497 e. The van der Waals surface area contributed by atoms with Gasteiger partial charge in [0.15, 0.2) is 0 Å². The van der Waals surface area contributed by atoms with Crippen molar-refractivity contribution in [1.82, 2.24) is 9.97 Å². The molecule has 1 aromatic carbocycles. The first-order valence-corrected chi connectivity index (χ1v) is 5.86. The smallest absolute Gasteiger partial charge is 0.224 e. The van der Waals surface area contributed by atoms with Crippen LogP contribution >= 0.6 is 0 Å². The monoisotopic (exact) mass is 254 g/mol. The van der Waals surface area contributed by atoms with E-state index in [0.717, 1.165) is 11.3 Å². The van der Waals surface area contributed by atoms with Crippen molar-refractivity contribution in [2.24, 2.45) is 0 Å². The fraction of sp³-hybridized carbons (Fsp3) is 0.214. The van der Waals surface area contributed by atoms with Gasteiger partial charge in [-0.05, 0) is 30.7 Å². The van der Waals surface area contributed by atoms with E-state index in [1.165, 1.54) is 0 Å². The molecule has 1 N–H and O–H groups in total. The van der Waals surface area contributed by atoms with Crippen molar-refractivity contribution in [1.29, 1.82) is 5.26 Å². The average molecular weight is 254 g/mol. The maximum atomic E-state index is 8.79. The summed E-state index contributed by atoms with van der Waals surface area (Å²) in [6, 6.07) is 11.4. The Morgan fingerprint density at radius 1 is 1.26 bits per heavy atom. The molecular weight excluding hydrogens is 240 g/mol. The third-order valence-corrected chi connectivity index (χ3v) is 2.73. The molecule has 0 spiro atoms. The summed E-state index contributed by atoms with van der Waals surface area (Å²) in [5.74, 6) is 1.26. The lowest BCUT2D eigenvalue weighted by Gasteiger charge is -2.14. The van der Waals surface area contributed by atoms with E-state index in [1.807, 2.05) is 37.3 Å². The highest BCUT2D eigenvalue weighted by molar-refractivity contribution is 5.36. The van der Waals surface area contributed by atoms with E-state index < -0.39 is 0 Å². The Labute approximate surface area is 111 Å². The average Bonchev–Trinajstić information content (AvgIpc) is 2.47. The number of nitrogens with zero attached hydrogens (tertiary/aromatic N) is 3. The van der Waals surface area contributed by atoms with E-state index in [-0.39, 0.29) is 6.04 Å². The molecule has 1 heterocycles. The summed E-state index contributed by atoms with van der Waals surface area (Å²) in [7, 11) is 1.64. The Bertz CT molecular complexity index is 589. The van der Waals surface area contributed by atoms with Crippen LogP contribution in [0.25, 0.3) is 0 Å². The fourth-order valence-corrected chi connectivity index (χ4v) is 1.66. The molecule has 96 valence electrons. The van der Waals surface area contributed by atoms with Crippen LogP contribution in [0.4, 0.5) is 5.95 Å². The molecule has 1 unspecified atom stereocenters. The van der Waals surface area contributed by atoms with Gasteiger partial charge in [-0.3, -0.25) is 0 Å². The standard InChI is InChI=1S/C14H14N4O/c1-10(11-3-5-13(19-2)6-4-11)17-14-16-8-7-12(9-15)18-14/h3-8,10H,1-2H3,(H,16,17,18). The molecule has 0 aliphatic carbocycles. The number of anilines is 1. The van der Waals surface area contributed by atoms with Gasteiger partial charge in [0.1, 0.15) is 17.5 Å². The summed E-state index contributed by atoms with van der Waals surface area (Å²) >= 11 is 0. The first kappa shape index (κ1) is 12.8. The minimum absolute atomic E-state index is 0.0415. The van der Waals surface area contributed by atoms with Crippen LogP contribution in [0.3, 0.4) is 0 Å². The molecule has 0 saturated heterocycles. The van der Waals surface area contributed by atoms with Crippen LogP contribution in [0.2, 0.25) is 0 Å². The van der Waals surface area contributed by atoms with Crippen LogP contribution in [0.1, 0.15) is 24.2 Å². The Morgan fingerprint density at radius 2 is 2.00 bits per heavy atom. The molecule has 0 aliphatic heterocycles. The Hall–Kier alpha value is -2.61. The van der Waals surface area contributed by atoms with E-state index in [9.17, 15) is 0 Å². The summed E-state index contributed by atoms with van der Waals surface area (Å²) < 4.78 is 5.12. The van der Waals surface area contributed by atoms with Gasteiger partial charge < -0.3 is 10.1 Å². The zero-order chi connectivity index (χ0) is 13.7. The molecule has 0 radical (unpaired) electrons. The molecule has 0 bridgehead atoms. The van der Waals surface area contributed by atoms with E-state index >= 15 is 0 Å². The number of methoxy groups -OCH3 is 1. The number of hydrogen-bond acceptors (Lipinski definition) is 5. The van der Waals surface area contributed by atoms with Crippen LogP contribution in [-0.2, 0) is 0 Å². The summed E-state index contributed by atoms with van der Waals surface area (Å²) in [6.07, 6.45) is 1.56. The third kappa shape index (κ3) is 3.19. The number of hydrogen-bond donors (Lipinski definition) is 1. The highest BCUT2D eigenvalue weighted by Crippen LogP contribution is 2.19. The summed E-state index contributed by atoms with van der Waals surface area (Å²) in [5.41, 5.74) is 1.44. The predicted molar refractivity (Wildman–Crippen MR) is 71.8 cm³/mol. The molecule has 0 saturated carbocycles. The van der Waals surface area contributed by atoms with Gasteiger partial charge in [-0.1, -0.05) is 12.1 Å². The summed E-state index contributed by atoms with van der Waals surface area (Å²) in [5, 5.41) is 11.9. The van der Waals surface area contributed by atoms with Crippen LogP contribution in [0.15, 0.2) is 36.5 Å². The second-order valence-corrected chi connectivity index (χ2v) is 4.02. The summed E-state index contributed by atoms with van der Waals surface area (Å²) in [6.45, 7) is 2.00. The highest BCUT2D eigenvalue weighted by Gasteiger charge is 2.07. The van der Waals surface area contributed by atoms with Gasteiger partial charge in [-0.15, -0.1) is 0 Å². The number of aromatic nitrogens is 2. The van der Waals surface area contributed by atoms with Crippen molar-refractivity contribution < 1.29 is 4.74 Å². The first-order chi connectivity index (χ1) is 9.22. The predicted octanol–water partition coefficient (Wildman–Crippen LogP) is 2.53. The third-order valence-electron chi connectivity index (χ3n) is 2.73. The van der Waals surface area contributed by atoms with Crippen molar-refractivity contribution in [3.63, 3.8) is 0 Å². The van der Waals surface area contributed by atoms with E-state index in [4.69, 9.17) is 10.00 Å². The van der Waals surface area contributed by atoms with Gasteiger partial charge in [0.05, 0.1) is 13.2 Å². The Kier molecular flexibility index (Phi) is 3.94. The maximum absolute atomic E-state index is 8.79. The molecule has 0 fully saturated rings. The Morgan fingerprint density at radius 3 is 2.63 bits per heavy atom. The van der Waals surface area contributed by atoms with E-state index in [0.29, 0.717) is 11.6 Å². The first-order valence-electron chi connectivity index (χ1n) is 5.86. The lowest BCUT2D eigenvalue weighted by molar-refractivity contribution is 0.414. The molecule has 5 nitrogen and oxygen atoms in total. The number of nitrogens with one attached hydrogen (secondary N) is 1. The van der Waals surface area contributed by atoms with Gasteiger partial charge in [-0.25, -0.2) is 9.97 Å². The molecule has 0 aliphatic rings. The van der Waals surface area contributed by atoms with Crippen LogP contribution in [0.5, 0.6) is 5.75 Å². The number of benzene rings is 1. The molecule has 19 heavy (non-hydrogen) atoms. The van der Waals surface area contributed by atoms with Gasteiger partial charge in [0.25, 0.3) is 0 Å². The van der Waals surface area contributed by atoms with Crippen molar-refractivity contribution in [2.75, 3.05) is 12.4 Å². The molecule has 1 atom stereocenters. The zero-order valence-electron chi connectivity index (χ0n) is 10.8. The molecule has 2 rings (SSSR count). The fourth-order valence-electron chi connectivity index (χ4n) is 1.66. The molecule has 0 amide bonds. The Balaban J connectivity index is 2.11. The minimum atomic E-state index is 0.0415. The van der Waals surface area contributed by atoms with E-state index in [1.54, 1.807) is 19.4 Å². The molecule has 5 heteroatoms. The largest absolute Gasteiger partial charge is 0.497 e. The topological polar surface area (TPSA) is 70.8 Å². The quantitative estimate of drug-likeness (QED) is 0.907.